The Morgan fingerprint density at radius 1 is 1.19 bits per heavy atom. The first-order valence-corrected chi connectivity index (χ1v) is 7.88. The Morgan fingerprint density at radius 2 is 1.85 bits per heavy atom. The lowest BCUT2D eigenvalue weighted by Gasteiger charge is -2.18. The number of halogens is 4. The van der Waals surface area contributed by atoms with Gasteiger partial charge in [-0.15, -0.1) is 0 Å². The van der Waals surface area contributed by atoms with E-state index in [2.05, 4.69) is 4.99 Å². The molecule has 1 aliphatic rings. The Labute approximate surface area is 153 Å². The van der Waals surface area contributed by atoms with Crippen LogP contribution >= 0.6 is 0 Å². The van der Waals surface area contributed by atoms with Gasteiger partial charge in [-0.3, -0.25) is 0 Å². The molecule has 5 nitrogen and oxygen atoms in total. The van der Waals surface area contributed by atoms with Gasteiger partial charge in [-0.2, -0.15) is 0 Å². The zero-order valence-corrected chi connectivity index (χ0v) is 14.9. The molecule has 1 heterocycles. The van der Waals surface area contributed by atoms with Gasteiger partial charge in [-0.25, -0.2) is 27.3 Å². The molecule has 0 spiro atoms. The van der Waals surface area contributed by atoms with Crippen LogP contribution in [-0.2, 0) is 14.3 Å². The topological polar surface area (TPSA) is 73.9 Å². The molecule has 146 valence electrons. The predicted octanol–water partition coefficient (Wildman–Crippen LogP) is 3.86. The zero-order chi connectivity index (χ0) is 20.3. The average Bonchev–Trinajstić information content (AvgIpc) is 2.62. The molecule has 1 aromatic rings. The van der Waals surface area contributed by atoms with Crippen LogP contribution < -0.4 is 5.73 Å². The lowest BCUT2D eigenvalue weighted by atomic mass is 9.97. The highest BCUT2D eigenvalue weighted by Crippen LogP contribution is 2.33. The third kappa shape index (κ3) is 4.12. The van der Waals surface area contributed by atoms with Gasteiger partial charge in [0, 0.05) is 5.56 Å². The van der Waals surface area contributed by atoms with Crippen molar-refractivity contribution in [3.05, 3.63) is 51.8 Å². The highest BCUT2D eigenvalue weighted by Gasteiger charge is 2.25. The van der Waals surface area contributed by atoms with Gasteiger partial charge >= 0.3 is 5.97 Å². The number of alkyl halides is 2. The number of carbonyl (C=O) groups excluding carboxylic acids is 1. The third-order valence-electron chi connectivity index (χ3n) is 4.11. The van der Waals surface area contributed by atoms with Crippen LogP contribution in [0.15, 0.2) is 34.0 Å². The van der Waals surface area contributed by atoms with Crippen molar-refractivity contribution in [1.29, 1.82) is 0 Å². The van der Waals surface area contributed by atoms with Gasteiger partial charge in [0.2, 0.25) is 0 Å². The van der Waals surface area contributed by atoms with Gasteiger partial charge < -0.3 is 15.2 Å². The second-order valence-electron chi connectivity index (χ2n) is 5.78. The van der Waals surface area contributed by atoms with Crippen molar-refractivity contribution in [2.24, 2.45) is 10.7 Å². The van der Waals surface area contributed by atoms with E-state index in [4.69, 9.17) is 15.2 Å². The average molecular weight is 386 g/mol. The SMILES string of the molecule is COC(=O)C1=C(OC)C(N)=NC(c2cc(F)c(C(F)F)cc2F)=C(C)CC1. The molecule has 0 bridgehead atoms. The Kier molecular flexibility index (Phi) is 6.24. The predicted molar refractivity (Wildman–Crippen MR) is 90.8 cm³/mol. The van der Waals surface area contributed by atoms with Crippen molar-refractivity contribution in [3.8, 4) is 0 Å². The monoisotopic (exact) mass is 386 g/mol. The Hall–Kier alpha value is -2.84. The number of nitrogens with two attached hydrogens (primary N) is 1. The molecular weight excluding hydrogens is 368 g/mol. The van der Waals surface area contributed by atoms with Crippen LogP contribution in [0.2, 0.25) is 0 Å². The summed E-state index contributed by atoms with van der Waals surface area (Å²) >= 11 is 0. The summed E-state index contributed by atoms with van der Waals surface area (Å²) in [5, 5.41) is 0. The number of nitrogens with zero attached hydrogens (tertiary/aromatic N) is 1. The number of rotatable bonds is 4. The van der Waals surface area contributed by atoms with Crippen LogP contribution in [0.5, 0.6) is 0 Å². The van der Waals surface area contributed by atoms with Crippen LogP contribution in [0, 0.1) is 11.6 Å². The fraction of sp³-hybridized carbons (Fsp3) is 0.333. The molecule has 27 heavy (non-hydrogen) atoms. The van der Waals surface area contributed by atoms with Crippen LogP contribution in [-0.4, -0.2) is 26.0 Å². The van der Waals surface area contributed by atoms with E-state index < -0.39 is 29.6 Å². The van der Waals surface area contributed by atoms with Crippen LogP contribution in [0.4, 0.5) is 17.6 Å². The minimum Gasteiger partial charge on any atom is -0.492 e. The fourth-order valence-electron chi connectivity index (χ4n) is 2.71. The minimum absolute atomic E-state index is 0.0109. The maximum Gasteiger partial charge on any atom is 0.337 e. The number of aliphatic imine (C=N–C) groups is 1. The molecule has 0 saturated heterocycles. The van der Waals surface area contributed by atoms with Crippen molar-refractivity contribution in [2.45, 2.75) is 26.2 Å². The standard InChI is InChI=1S/C18H18F4N2O3/c1-8-4-5-9(18(25)27-3)15(26-2)17(23)24-14(8)10-6-13(20)11(16(21)22)7-12(10)19/h6-7,16H,4-5H2,1-3H3,(H2,23,24). The van der Waals surface area contributed by atoms with E-state index in [1.807, 2.05) is 0 Å². The van der Waals surface area contributed by atoms with Crippen molar-refractivity contribution in [2.75, 3.05) is 14.2 Å². The molecular formula is C18H18F4N2O3. The van der Waals surface area contributed by atoms with Gasteiger partial charge in [0.25, 0.3) is 6.43 Å². The van der Waals surface area contributed by atoms with Gasteiger partial charge in [-0.1, -0.05) is 0 Å². The number of hydrogen-bond donors (Lipinski definition) is 1. The van der Waals surface area contributed by atoms with Gasteiger partial charge in [-0.05, 0) is 37.5 Å². The maximum absolute atomic E-state index is 14.4. The van der Waals surface area contributed by atoms with Crippen molar-refractivity contribution >= 4 is 17.5 Å². The maximum atomic E-state index is 14.4. The van der Waals surface area contributed by atoms with Crippen molar-refractivity contribution in [1.82, 2.24) is 0 Å². The smallest absolute Gasteiger partial charge is 0.337 e. The molecule has 0 atom stereocenters. The normalized spacial score (nSPS) is 15.5. The van der Waals surface area contributed by atoms with Crippen LogP contribution in [0.3, 0.4) is 0 Å². The molecule has 0 fully saturated rings. The number of carbonyl (C=O) groups is 1. The molecule has 0 aliphatic carbocycles. The quantitative estimate of drug-likeness (QED) is 0.630. The highest BCUT2D eigenvalue weighted by molar-refractivity contribution is 6.05. The summed E-state index contributed by atoms with van der Waals surface area (Å²) in [7, 11) is 2.47. The van der Waals surface area contributed by atoms with Crippen LogP contribution in [0.25, 0.3) is 5.70 Å². The minimum atomic E-state index is -3.15. The summed E-state index contributed by atoms with van der Waals surface area (Å²) in [6, 6.07) is 1.10. The van der Waals surface area contributed by atoms with Crippen molar-refractivity contribution < 1.29 is 31.8 Å². The Morgan fingerprint density at radius 3 is 2.41 bits per heavy atom. The second kappa shape index (κ2) is 8.24. The molecule has 0 saturated carbocycles. The van der Waals surface area contributed by atoms with Gasteiger partial charge in [0.15, 0.2) is 11.6 Å². The molecule has 9 heteroatoms. The van der Waals surface area contributed by atoms with Gasteiger partial charge in [0.1, 0.15) is 11.6 Å². The molecule has 2 N–H and O–H groups in total. The van der Waals surface area contributed by atoms with E-state index in [0.717, 1.165) is 0 Å². The number of ether oxygens (including phenoxy) is 2. The van der Waals surface area contributed by atoms with E-state index >= 15 is 0 Å². The Balaban J connectivity index is 2.64. The number of allylic oxidation sites excluding steroid dienone is 1. The van der Waals surface area contributed by atoms with E-state index in [-0.39, 0.29) is 41.3 Å². The molecule has 1 aromatic carbocycles. The Bertz CT molecular complexity index is 860. The fourth-order valence-corrected chi connectivity index (χ4v) is 2.71. The van der Waals surface area contributed by atoms with E-state index in [1.54, 1.807) is 6.92 Å². The molecule has 2 rings (SSSR count). The van der Waals surface area contributed by atoms with Crippen LogP contribution in [0.1, 0.15) is 37.3 Å². The first-order chi connectivity index (χ1) is 12.7. The number of esters is 1. The first kappa shape index (κ1) is 20.5. The molecule has 0 radical (unpaired) electrons. The zero-order valence-electron chi connectivity index (χ0n) is 14.9. The summed E-state index contributed by atoms with van der Waals surface area (Å²) in [5.74, 6) is -3.26. The summed E-state index contributed by atoms with van der Waals surface area (Å²) in [6.07, 6.45) is -2.76. The molecule has 0 aromatic heterocycles. The van der Waals surface area contributed by atoms with Crippen molar-refractivity contribution in [3.63, 3.8) is 0 Å². The number of benzene rings is 1. The third-order valence-corrected chi connectivity index (χ3v) is 4.11. The second-order valence-corrected chi connectivity index (χ2v) is 5.78. The van der Waals surface area contributed by atoms with E-state index in [1.165, 1.54) is 14.2 Å². The summed E-state index contributed by atoms with van der Waals surface area (Å²) in [4.78, 5) is 16.0. The lowest BCUT2D eigenvalue weighted by molar-refractivity contribution is -0.136. The van der Waals surface area contributed by atoms with E-state index in [9.17, 15) is 22.4 Å². The lowest BCUT2D eigenvalue weighted by Crippen LogP contribution is -2.23. The number of amidine groups is 1. The molecule has 0 unspecified atom stereocenters. The molecule has 0 amide bonds. The van der Waals surface area contributed by atoms with Gasteiger partial charge in [0.05, 0.1) is 31.1 Å². The summed E-state index contributed by atoms with van der Waals surface area (Å²) in [5.41, 5.74) is 5.16. The largest absolute Gasteiger partial charge is 0.492 e. The molecule has 1 aliphatic heterocycles. The number of methoxy groups -OCH3 is 2. The van der Waals surface area contributed by atoms with E-state index in [0.29, 0.717) is 17.7 Å². The summed E-state index contributed by atoms with van der Waals surface area (Å²) < 4.78 is 63.7. The first-order valence-electron chi connectivity index (χ1n) is 7.88. The highest BCUT2D eigenvalue weighted by atomic mass is 19.3. The summed E-state index contributed by atoms with van der Waals surface area (Å²) in [6.45, 7) is 1.59. The number of hydrogen-bond acceptors (Lipinski definition) is 5.